The Morgan fingerprint density at radius 3 is 2.68 bits per heavy atom. The van der Waals surface area contributed by atoms with E-state index in [1.165, 1.54) is 6.20 Å². The van der Waals surface area contributed by atoms with Gasteiger partial charge in [0.05, 0.1) is 12.3 Å². The summed E-state index contributed by atoms with van der Waals surface area (Å²) in [7, 11) is 0. The van der Waals surface area contributed by atoms with Gasteiger partial charge in [0.1, 0.15) is 5.75 Å². The van der Waals surface area contributed by atoms with Gasteiger partial charge in [-0.15, -0.1) is 0 Å². The molecule has 1 heterocycles. The largest absolute Gasteiger partial charge is 0.506 e. The van der Waals surface area contributed by atoms with Gasteiger partial charge in [0.2, 0.25) is 5.91 Å². The zero-order valence-electron chi connectivity index (χ0n) is 11.5. The summed E-state index contributed by atoms with van der Waals surface area (Å²) in [5.74, 6) is -0.330. The monoisotopic (exact) mass is 267 g/mol. The van der Waals surface area contributed by atoms with Crippen LogP contribution in [-0.2, 0) is 17.9 Å². The maximum atomic E-state index is 11.0. The summed E-state index contributed by atoms with van der Waals surface area (Å²) in [6.07, 6.45) is 1.72. The molecular weight excluding hydrogens is 246 g/mol. The van der Waals surface area contributed by atoms with Gasteiger partial charge in [0.15, 0.2) is 0 Å². The number of hydrogen-bond donors (Lipinski definition) is 4. The normalized spacial score (nSPS) is 11.6. The highest BCUT2D eigenvalue weighted by Gasteiger charge is 2.21. The topological polar surface area (TPSA) is 108 Å². The Morgan fingerprint density at radius 2 is 2.16 bits per heavy atom. The number of nitrogens with one attached hydrogen (secondary N) is 1. The van der Waals surface area contributed by atoms with Crippen molar-refractivity contribution in [3.05, 3.63) is 23.0 Å². The summed E-state index contributed by atoms with van der Waals surface area (Å²) in [4.78, 5) is 14.9. The highest BCUT2D eigenvalue weighted by Crippen LogP contribution is 2.24. The molecule has 0 bridgehead atoms. The van der Waals surface area contributed by atoms with Crippen molar-refractivity contribution in [2.24, 2.45) is 5.73 Å². The molecule has 1 amide bonds. The number of hydrogen-bond acceptors (Lipinski definition) is 5. The van der Waals surface area contributed by atoms with E-state index in [1.54, 1.807) is 6.92 Å². The minimum atomic E-state index is -0.484. The van der Waals surface area contributed by atoms with Crippen LogP contribution >= 0.6 is 0 Å². The van der Waals surface area contributed by atoms with Crippen LogP contribution in [-0.4, -0.2) is 26.6 Å². The molecule has 0 fully saturated rings. The summed E-state index contributed by atoms with van der Waals surface area (Å²) >= 11 is 0. The number of carbonyl (C=O) groups excluding carboxylic acids is 1. The van der Waals surface area contributed by atoms with Crippen LogP contribution in [0.1, 0.15) is 37.1 Å². The molecule has 0 aliphatic rings. The minimum absolute atomic E-state index is 0.0638. The predicted molar refractivity (Wildman–Crippen MR) is 71.3 cm³/mol. The van der Waals surface area contributed by atoms with Crippen molar-refractivity contribution in [3.63, 3.8) is 0 Å². The van der Waals surface area contributed by atoms with Crippen molar-refractivity contribution in [1.82, 2.24) is 10.3 Å². The highest BCUT2D eigenvalue weighted by molar-refractivity contribution is 5.75. The molecule has 6 heteroatoms. The maximum absolute atomic E-state index is 11.0. The summed E-state index contributed by atoms with van der Waals surface area (Å²) in [6, 6.07) is 0. The number of aromatic nitrogens is 1. The van der Waals surface area contributed by atoms with Crippen molar-refractivity contribution < 1.29 is 15.0 Å². The maximum Gasteiger partial charge on any atom is 0.219 e. The Bertz CT molecular complexity index is 472. The molecule has 0 unspecified atom stereocenters. The van der Waals surface area contributed by atoms with Crippen LogP contribution in [0.4, 0.5) is 0 Å². The lowest BCUT2D eigenvalue weighted by Gasteiger charge is -2.25. The number of primary amides is 1. The van der Waals surface area contributed by atoms with Gasteiger partial charge in [-0.05, 0) is 20.8 Å². The van der Waals surface area contributed by atoms with Crippen molar-refractivity contribution in [1.29, 1.82) is 0 Å². The van der Waals surface area contributed by atoms with Gasteiger partial charge in [-0.25, -0.2) is 0 Å². The second-order valence-corrected chi connectivity index (χ2v) is 5.23. The fourth-order valence-electron chi connectivity index (χ4n) is 1.84. The molecule has 0 atom stereocenters. The third-order valence-electron chi connectivity index (χ3n) is 2.96. The SMILES string of the molecule is Cc1ncc(CO)c(CNC(C)(C)CC(N)=O)c1O. The molecule has 0 aliphatic carbocycles. The Labute approximate surface area is 112 Å². The van der Waals surface area contributed by atoms with Gasteiger partial charge in [-0.2, -0.15) is 0 Å². The molecule has 19 heavy (non-hydrogen) atoms. The lowest BCUT2D eigenvalue weighted by molar-refractivity contribution is -0.119. The van der Waals surface area contributed by atoms with Gasteiger partial charge < -0.3 is 21.3 Å². The van der Waals surface area contributed by atoms with Crippen LogP contribution in [0.15, 0.2) is 6.20 Å². The molecular formula is C13H21N3O3. The van der Waals surface area contributed by atoms with E-state index in [0.29, 0.717) is 23.4 Å². The van der Waals surface area contributed by atoms with Gasteiger partial charge in [-0.1, -0.05) is 0 Å². The first kappa shape index (κ1) is 15.4. The quantitative estimate of drug-likeness (QED) is 0.594. The van der Waals surface area contributed by atoms with Crippen molar-refractivity contribution in [3.8, 4) is 5.75 Å². The van der Waals surface area contributed by atoms with Crippen LogP contribution in [0.3, 0.4) is 0 Å². The van der Waals surface area contributed by atoms with E-state index in [9.17, 15) is 15.0 Å². The van der Waals surface area contributed by atoms with E-state index in [-0.39, 0.29) is 18.8 Å². The summed E-state index contributed by atoms with van der Waals surface area (Å²) in [6.45, 7) is 5.51. The number of aryl methyl sites for hydroxylation is 1. The molecule has 5 N–H and O–H groups in total. The fourth-order valence-corrected chi connectivity index (χ4v) is 1.84. The van der Waals surface area contributed by atoms with Crippen LogP contribution in [0.5, 0.6) is 5.75 Å². The summed E-state index contributed by atoms with van der Waals surface area (Å²) in [5.41, 5.74) is 6.35. The average molecular weight is 267 g/mol. The molecule has 1 rings (SSSR count). The molecule has 1 aromatic heterocycles. The number of amides is 1. The lowest BCUT2D eigenvalue weighted by atomic mass is 9.99. The number of pyridine rings is 1. The number of aliphatic hydroxyl groups excluding tert-OH is 1. The second kappa shape index (κ2) is 5.99. The van der Waals surface area contributed by atoms with Crippen LogP contribution in [0, 0.1) is 6.92 Å². The van der Waals surface area contributed by atoms with E-state index in [4.69, 9.17) is 5.73 Å². The zero-order valence-corrected chi connectivity index (χ0v) is 11.5. The summed E-state index contributed by atoms with van der Waals surface area (Å²) in [5, 5.41) is 22.4. The first-order chi connectivity index (χ1) is 8.76. The predicted octanol–water partition coefficient (Wildman–Crippen LogP) is 0.332. The van der Waals surface area contributed by atoms with Gasteiger partial charge in [-0.3, -0.25) is 9.78 Å². The van der Waals surface area contributed by atoms with E-state index in [2.05, 4.69) is 10.3 Å². The molecule has 0 saturated carbocycles. The Morgan fingerprint density at radius 1 is 1.53 bits per heavy atom. The van der Waals surface area contributed by atoms with Gasteiger partial charge in [0, 0.05) is 35.8 Å². The minimum Gasteiger partial charge on any atom is -0.506 e. The van der Waals surface area contributed by atoms with E-state index in [1.807, 2.05) is 13.8 Å². The Balaban J connectivity index is 2.88. The molecule has 1 aromatic rings. The number of nitrogens with zero attached hydrogens (tertiary/aromatic N) is 1. The van der Waals surface area contributed by atoms with Crippen molar-refractivity contribution >= 4 is 5.91 Å². The molecule has 6 nitrogen and oxygen atoms in total. The first-order valence-corrected chi connectivity index (χ1v) is 6.07. The number of aliphatic hydroxyl groups is 1. The number of nitrogens with two attached hydrogens (primary N) is 1. The number of rotatable bonds is 6. The van der Waals surface area contributed by atoms with E-state index < -0.39 is 11.4 Å². The van der Waals surface area contributed by atoms with Crippen molar-refractivity contribution in [2.75, 3.05) is 0 Å². The number of aromatic hydroxyl groups is 1. The third kappa shape index (κ3) is 4.18. The highest BCUT2D eigenvalue weighted by atomic mass is 16.3. The average Bonchev–Trinajstić information content (AvgIpc) is 2.29. The smallest absolute Gasteiger partial charge is 0.219 e. The van der Waals surface area contributed by atoms with Crippen molar-refractivity contribution in [2.45, 2.75) is 45.9 Å². The Kier molecular flexibility index (Phi) is 4.85. The molecule has 0 saturated heterocycles. The molecule has 0 radical (unpaired) electrons. The van der Waals surface area contributed by atoms with Crippen LogP contribution in [0.25, 0.3) is 0 Å². The number of carbonyl (C=O) groups is 1. The molecule has 0 aromatic carbocycles. The Hall–Kier alpha value is -1.66. The lowest BCUT2D eigenvalue weighted by Crippen LogP contribution is -2.42. The van der Waals surface area contributed by atoms with Crippen LogP contribution in [0.2, 0.25) is 0 Å². The van der Waals surface area contributed by atoms with E-state index in [0.717, 1.165) is 0 Å². The van der Waals surface area contributed by atoms with Gasteiger partial charge >= 0.3 is 0 Å². The van der Waals surface area contributed by atoms with Gasteiger partial charge in [0.25, 0.3) is 0 Å². The second-order valence-electron chi connectivity index (χ2n) is 5.23. The molecule has 106 valence electrons. The first-order valence-electron chi connectivity index (χ1n) is 6.07. The fraction of sp³-hybridized carbons (Fsp3) is 0.538. The van der Waals surface area contributed by atoms with Crippen LogP contribution < -0.4 is 11.1 Å². The standard InChI is InChI=1S/C13H21N3O3/c1-8-12(19)10(9(7-17)5-15-8)6-16-13(2,3)4-11(14)18/h5,16-17,19H,4,6-7H2,1-3H3,(H2,14,18). The molecule has 0 aliphatic heterocycles. The summed E-state index contributed by atoms with van der Waals surface area (Å²) < 4.78 is 0. The molecule has 0 spiro atoms. The zero-order chi connectivity index (χ0) is 14.6. The van der Waals surface area contributed by atoms with E-state index >= 15 is 0 Å². The third-order valence-corrected chi connectivity index (χ3v) is 2.96.